The average Bonchev–Trinajstić information content (AvgIpc) is 2.38. The lowest BCUT2D eigenvalue weighted by Gasteiger charge is -2.19. The van der Waals surface area contributed by atoms with Crippen LogP contribution >= 0.6 is 0 Å². The second-order valence-corrected chi connectivity index (χ2v) is 4.59. The zero-order valence-corrected chi connectivity index (χ0v) is 11.3. The van der Waals surface area contributed by atoms with Gasteiger partial charge in [0.1, 0.15) is 5.82 Å². The molecule has 0 heterocycles. The fourth-order valence-corrected chi connectivity index (χ4v) is 1.75. The Morgan fingerprint density at radius 2 is 2.10 bits per heavy atom. The zero-order valence-electron chi connectivity index (χ0n) is 11.3. The molecule has 0 bridgehead atoms. The highest BCUT2D eigenvalue weighted by Crippen LogP contribution is 2.18. The molecule has 0 aliphatic heterocycles. The number of carbonyl (C=O) groups excluding carboxylic acids is 1. The number of aliphatic carboxylic acids is 1. The first-order valence-electron chi connectivity index (χ1n) is 6.29. The van der Waals surface area contributed by atoms with Crippen molar-refractivity contribution < 1.29 is 24.2 Å². The van der Waals surface area contributed by atoms with Gasteiger partial charge in [0, 0.05) is 20.0 Å². The molecule has 1 unspecified atom stereocenters. The first-order chi connectivity index (χ1) is 9.40. The minimum atomic E-state index is -1.07. The number of hydrogen-bond acceptors (Lipinski definition) is 3. The third-order valence-electron chi connectivity index (χ3n) is 2.91. The standard InChI is InChI=1S/C14H18FNO4/c1-16(7-3-6-14(19)20)13(18)9-12(17)10-4-2-5-11(15)8-10/h2,4-5,8,12,17H,3,6-7,9H2,1H3,(H,19,20). The van der Waals surface area contributed by atoms with Gasteiger partial charge >= 0.3 is 5.97 Å². The summed E-state index contributed by atoms with van der Waals surface area (Å²) >= 11 is 0. The number of carboxylic acid groups (broad SMARTS) is 1. The highest BCUT2D eigenvalue weighted by molar-refractivity contribution is 5.76. The number of carboxylic acids is 1. The molecule has 20 heavy (non-hydrogen) atoms. The van der Waals surface area contributed by atoms with Crippen LogP contribution in [0.4, 0.5) is 4.39 Å². The molecule has 1 aromatic carbocycles. The molecule has 0 radical (unpaired) electrons. The Labute approximate surface area is 116 Å². The molecule has 6 heteroatoms. The third-order valence-corrected chi connectivity index (χ3v) is 2.91. The second-order valence-electron chi connectivity index (χ2n) is 4.59. The van der Waals surface area contributed by atoms with Crippen molar-refractivity contribution in [3.05, 3.63) is 35.6 Å². The van der Waals surface area contributed by atoms with Crippen molar-refractivity contribution in [1.82, 2.24) is 4.90 Å². The molecule has 1 rings (SSSR count). The quantitative estimate of drug-likeness (QED) is 0.796. The number of halogens is 1. The van der Waals surface area contributed by atoms with Crippen LogP contribution in [0.3, 0.4) is 0 Å². The first kappa shape index (κ1) is 16.1. The van der Waals surface area contributed by atoms with Gasteiger partial charge < -0.3 is 15.1 Å². The van der Waals surface area contributed by atoms with Gasteiger partial charge in [0.25, 0.3) is 0 Å². The minimum Gasteiger partial charge on any atom is -0.481 e. The van der Waals surface area contributed by atoms with E-state index in [0.29, 0.717) is 18.5 Å². The lowest BCUT2D eigenvalue weighted by atomic mass is 10.1. The summed E-state index contributed by atoms with van der Waals surface area (Å²) in [5.74, 6) is -1.69. The van der Waals surface area contributed by atoms with Gasteiger partial charge in [0.2, 0.25) is 5.91 Å². The molecule has 0 aliphatic carbocycles. The monoisotopic (exact) mass is 283 g/mol. The predicted octanol–water partition coefficient (Wildman–Crippen LogP) is 1.57. The molecule has 0 aromatic heterocycles. The lowest BCUT2D eigenvalue weighted by molar-refractivity contribution is -0.138. The number of rotatable bonds is 7. The summed E-state index contributed by atoms with van der Waals surface area (Å²) < 4.78 is 13.0. The Morgan fingerprint density at radius 3 is 2.70 bits per heavy atom. The second kappa shape index (κ2) is 7.59. The van der Waals surface area contributed by atoms with Gasteiger partial charge in [-0.3, -0.25) is 9.59 Å². The van der Waals surface area contributed by atoms with Crippen molar-refractivity contribution in [2.45, 2.75) is 25.4 Å². The molecular formula is C14H18FNO4. The van der Waals surface area contributed by atoms with Crippen LogP contribution in [0.15, 0.2) is 24.3 Å². The first-order valence-corrected chi connectivity index (χ1v) is 6.29. The van der Waals surface area contributed by atoms with Crippen molar-refractivity contribution >= 4 is 11.9 Å². The highest BCUT2D eigenvalue weighted by atomic mass is 19.1. The Bertz CT molecular complexity index is 478. The molecule has 1 aromatic rings. The summed E-state index contributed by atoms with van der Waals surface area (Å²) in [5, 5.41) is 18.4. The average molecular weight is 283 g/mol. The summed E-state index contributed by atoms with van der Waals surface area (Å²) in [6.45, 7) is 0.307. The van der Waals surface area contributed by atoms with Gasteiger partial charge in [0.05, 0.1) is 12.5 Å². The van der Waals surface area contributed by atoms with E-state index in [-0.39, 0.29) is 18.7 Å². The Balaban J connectivity index is 2.46. The number of carbonyl (C=O) groups is 2. The zero-order chi connectivity index (χ0) is 15.1. The molecule has 110 valence electrons. The van der Waals surface area contributed by atoms with Crippen LogP contribution in [-0.2, 0) is 9.59 Å². The van der Waals surface area contributed by atoms with Gasteiger partial charge in [-0.1, -0.05) is 12.1 Å². The van der Waals surface area contributed by atoms with Crippen molar-refractivity contribution in [2.75, 3.05) is 13.6 Å². The van der Waals surface area contributed by atoms with E-state index in [2.05, 4.69) is 0 Å². The third kappa shape index (κ3) is 5.36. The van der Waals surface area contributed by atoms with Crippen molar-refractivity contribution in [3.63, 3.8) is 0 Å². The fraction of sp³-hybridized carbons (Fsp3) is 0.429. The van der Waals surface area contributed by atoms with E-state index in [1.807, 2.05) is 0 Å². The van der Waals surface area contributed by atoms with Crippen molar-refractivity contribution in [1.29, 1.82) is 0 Å². The largest absolute Gasteiger partial charge is 0.481 e. The predicted molar refractivity (Wildman–Crippen MR) is 70.5 cm³/mol. The van der Waals surface area contributed by atoms with Crippen LogP contribution in [0, 0.1) is 5.82 Å². The number of amides is 1. The van der Waals surface area contributed by atoms with E-state index >= 15 is 0 Å². The summed E-state index contributed by atoms with van der Waals surface area (Å²) in [7, 11) is 1.54. The molecule has 0 saturated carbocycles. The van der Waals surface area contributed by atoms with Gasteiger partial charge in [-0.15, -0.1) is 0 Å². The van der Waals surface area contributed by atoms with Gasteiger partial charge in [-0.05, 0) is 24.1 Å². The SMILES string of the molecule is CN(CCCC(=O)O)C(=O)CC(O)c1cccc(F)c1. The Kier molecular flexibility index (Phi) is 6.11. The van der Waals surface area contributed by atoms with Gasteiger partial charge in [-0.25, -0.2) is 4.39 Å². The molecule has 0 saturated heterocycles. The Hall–Kier alpha value is -1.95. The molecular weight excluding hydrogens is 265 g/mol. The van der Waals surface area contributed by atoms with Gasteiger partial charge in [-0.2, -0.15) is 0 Å². The van der Waals surface area contributed by atoms with Crippen LogP contribution in [0.2, 0.25) is 0 Å². The van der Waals surface area contributed by atoms with Crippen molar-refractivity contribution in [3.8, 4) is 0 Å². The van der Waals surface area contributed by atoms with E-state index in [4.69, 9.17) is 5.11 Å². The lowest BCUT2D eigenvalue weighted by Crippen LogP contribution is -2.29. The summed E-state index contributed by atoms with van der Waals surface area (Å²) in [5.41, 5.74) is 0.345. The van der Waals surface area contributed by atoms with E-state index in [1.165, 1.54) is 23.1 Å². The number of nitrogens with zero attached hydrogens (tertiary/aromatic N) is 1. The van der Waals surface area contributed by atoms with Gasteiger partial charge in [0.15, 0.2) is 0 Å². The topological polar surface area (TPSA) is 77.8 Å². The maximum atomic E-state index is 13.0. The Morgan fingerprint density at radius 1 is 1.40 bits per heavy atom. The number of aliphatic hydroxyl groups is 1. The normalized spacial score (nSPS) is 11.9. The van der Waals surface area contributed by atoms with Crippen molar-refractivity contribution in [2.24, 2.45) is 0 Å². The maximum Gasteiger partial charge on any atom is 0.303 e. The molecule has 0 spiro atoms. The van der Waals surface area contributed by atoms with E-state index in [0.717, 1.165) is 0 Å². The fourth-order valence-electron chi connectivity index (χ4n) is 1.75. The molecule has 1 amide bonds. The number of benzene rings is 1. The van der Waals surface area contributed by atoms with E-state index in [1.54, 1.807) is 13.1 Å². The smallest absolute Gasteiger partial charge is 0.303 e. The summed E-state index contributed by atoms with van der Waals surface area (Å²) in [6.07, 6.45) is -0.884. The van der Waals surface area contributed by atoms with Crippen LogP contribution in [0.1, 0.15) is 30.9 Å². The number of aliphatic hydroxyl groups excluding tert-OH is 1. The maximum absolute atomic E-state index is 13.0. The highest BCUT2D eigenvalue weighted by Gasteiger charge is 2.16. The van der Waals surface area contributed by atoms with Crippen LogP contribution in [0.25, 0.3) is 0 Å². The summed E-state index contributed by atoms with van der Waals surface area (Å²) in [6, 6.07) is 5.46. The molecule has 5 nitrogen and oxygen atoms in total. The van der Waals surface area contributed by atoms with Crippen LogP contribution in [0.5, 0.6) is 0 Å². The molecule has 2 N–H and O–H groups in total. The van der Waals surface area contributed by atoms with E-state index < -0.39 is 17.9 Å². The molecule has 1 atom stereocenters. The molecule has 0 fully saturated rings. The molecule has 0 aliphatic rings. The van der Waals surface area contributed by atoms with Crippen LogP contribution < -0.4 is 0 Å². The number of hydrogen-bond donors (Lipinski definition) is 2. The van der Waals surface area contributed by atoms with Crippen LogP contribution in [-0.4, -0.2) is 40.6 Å². The van der Waals surface area contributed by atoms with E-state index in [9.17, 15) is 19.1 Å². The minimum absolute atomic E-state index is 0.00985. The summed E-state index contributed by atoms with van der Waals surface area (Å²) in [4.78, 5) is 23.5.